The van der Waals surface area contributed by atoms with Crippen LogP contribution in [0.5, 0.6) is 0 Å². The van der Waals surface area contributed by atoms with Crippen LogP contribution in [0.2, 0.25) is 0 Å². The molecule has 1 unspecified atom stereocenters. The highest BCUT2D eigenvalue weighted by Gasteiger charge is 2.26. The van der Waals surface area contributed by atoms with Gasteiger partial charge in [0.2, 0.25) is 0 Å². The summed E-state index contributed by atoms with van der Waals surface area (Å²) in [5, 5.41) is 13.4. The molecule has 23 heavy (non-hydrogen) atoms. The summed E-state index contributed by atoms with van der Waals surface area (Å²) in [5.41, 5.74) is 2.36. The van der Waals surface area contributed by atoms with E-state index in [9.17, 15) is 9.59 Å². The average Bonchev–Trinajstić information content (AvgIpc) is 2.96. The number of carbonyl (C=O) groups is 2. The molecular formula is C17H21N3O3. The number of carbonyl (C=O) groups excluding carboxylic acids is 1. The fraction of sp³-hybridized carbons (Fsp3) is 0.353. The second-order valence-corrected chi connectivity index (χ2v) is 5.43. The van der Waals surface area contributed by atoms with Crippen molar-refractivity contribution in [1.29, 1.82) is 0 Å². The van der Waals surface area contributed by atoms with Crippen molar-refractivity contribution in [2.75, 3.05) is 7.05 Å². The molecule has 1 heterocycles. The smallest absolute Gasteiger partial charge is 0.326 e. The van der Waals surface area contributed by atoms with E-state index in [1.165, 1.54) is 25.1 Å². The van der Waals surface area contributed by atoms with E-state index in [1.807, 2.05) is 37.3 Å². The molecule has 1 aromatic heterocycles. The molecule has 1 amide bonds. The summed E-state index contributed by atoms with van der Waals surface area (Å²) in [7, 11) is 1.50. The standard InChI is InChI=1S/C17H21N3O3/c1-4-15-14(16(21)19(3)12(2)17(22)23)10-18-20(15)11-13-8-6-5-7-9-13/h5-10,12H,4,11H2,1-3H3,(H,22,23). The lowest BCUT2D eigenvalue weighted by Crippen LogP contribution is -2.40. The van der Waals surface area contributed by atoms with Gasteiger partial charge in [-0.25, -0.2) is 4.79 Å². The monoisotopic (exact) mass is 315 g/mol. The third-order valence-corrected chi connectivity index (χ3v) is 3.95. The lowest BCUT2D eigenvalue weighted by molar-refractivity contribution is -0.141. The number of rotatable bonds is 6. The van der Waals surface area contributed by atoms with E-state index in [1.54, 1.807) is 4.68 Å². The summed E-state index contributed by atoms with van der Waals surface area (Å²) in [6, 6.07) is 8.98. The number of carboxylic acids is 1. The highest BCUT2D eigenvalue weighted by atomic mass is 16.4. The van der Waals surface area contributed by atoms with Crippen LogP contribution in [0, 0.1) is 0 Å². The SMILES string of the molecule is CCc1c(C(=O)N(C)C(C)C(=O)O)cnn1Cc1ccccc1. The first-order chi connectivity index (χ1) is 11.0. The van der Waals surface area contributed by atoms with Crippen molar-refractivity contribution in [1.82, 2.24) is 14.7 Å². The third-order valence-electron chi connectivity index (χ3n) is 3.95. The summed E-state index contributed by atoms with van der Waals surface area (Å²) < 4.78 is 1.79. The molecule has 0 aliphatic heterocycles. The number of aliphatic carboxylic acids is 1. The lowest BCUT2D eigenvalue weighted by Gasteiger charge is -2.21. The molecule has 1 N–H and O–H groups in total. The van der Waals surface area contributed by atoms with Gasteiger partial charge in [-0.05, 0) is 18.9 Å². The molecule has 2 aromatic rings. The van der Waals surface area contributed by atoms with Crippen molar-refractivity contribution < 1.29 is 14.7 Å². The number of nitrogens with zero attached hydrogens (tertiary/aromatic N) is 3. The zero-order valence-corrected chi connectivity index (χ0v) is 13.6. The zero-order chi connectivity index (χ0) is 17.0. The Morgan fingerprint density at radius 1 is 1.30 bits per heavy atom. The van der Waals surface area contributed by atoms with Gasteiger partial charge in [0.05, 0.1) is 24.0 Å². The largest absolute Gasteiger partial charge is 0.480 e. The van der Waals surface area contributed by atoms with Gasteiger partial charge in [0.15, 0.2) is 0 Å². The van der Waals surface area contributed by atoms with Crippen molar-refractivity contribution in [2.45, 2.75) is 32.9 Å². The first kappa shape index (κ1) is 16.7. The van der Waals surface area contributed by atoms with Crippen molar-refractivity contribution >= 4 is 11.9 Å². The van der Waals surface area contributed by atoms with E-state index in [4.69, 9.17) is 5.11 Å². The predicted molar refractivity (Wildman–Crippen MR) is 86.3 cm³/mol. The second kappa shape index (κ2) is 7.09. The Labute approximate surface area is 135 Å². The molecule has 0 aliphatic carbocycles. The van der Waals surface area contributed by atoms with Crippen LogP contribution in [0.15, 0.2) is 36.5 Å². The van der Waals surface area contributed by atoms with Gasteiger partial charge in [-0.2, -0.15) is 5.10 Å². The average molecular weight is 315 g/mol. The zero-order valence-electron chi connectivity index (χ0n) is 13.6. The second-order valence-electron chi connectivity index (χ2n) is 5.43. The fourth-order valence-corrected chi connectivity index (χ4v) is 2.39. The molecule has 0 spiro atoms. The molecule has 0 aliphatic rings. The Morgan fingerprint density at radius 3 is 2.52 bits per heavy atom. The van der Waals surface area contributed by atoms with Crippen LogP contribution in [-0.4, -0.2) is 44.8 Å². The Balaban J connectivity index is 2.27. The van der Waals surface area contributed by atoms with Crippen LogP contribution in [0.3, 0.4) is 0 Å². The molecule has 0 bridgehead atoms. The first-order valence-corrected chi connectivity index (χ1v) is 7.54. The summed E-state index contributed by atoms with van der Waals surface area (Å²) in [6.45, 7) is 4.02. The molecule has 1 atom stereocenters. The highest BCUT2D eigenvalue weighted by molar-refractivity contribution is 5.97. The van der Waals surface area contributed by atoms with E-state index in [2.05, 4.69) is 5.10 Å². The molecule has 0 fully saturated rings. The van der Waals surface area contributed by atoms with Gasteiger partial charge in [0.1, 0.15) is 6.04 Å². The summed E-state index contributed by atoms with van der Waals surface area (Å²) in [5.74, 6) is -1.35. The minimum Gasteiger partial charge on any atom is -0.480 e. The van der Waals surface area contributed by atoms with Crippen molar-refractivity contribution in [2.24, 2.45) is 0 Å². The number of hydrogen-bond donors (Lipinski definition) is 1. The molecule has 0 saturated heterocycles. The van der Waals surface area contributed by atoms with Gasteiger partial charge in [-0.15, -0.1) is 0 Å². The number of carboxylic acid groups (broad SMARTS) is 1. The van der Waals surface area contributed by atoms with Gasteiger partial charge < -0.3 is 10.0 Å². The topological polar surface area (TPSA) is 75.4 Å². The molecule has 0 saturated carbocycles. The molecule has 1 aromatic carbocycles. The van der Waals surface area contributed by atoms with Crippen molar-refractivity contribution in [3.05, 3.63) is 53.3 Å². The van der Waals surface area contributed by atoms with E-state index in [0.717, 1.165) is 11.3 Å². The van der Waals surface area contributed by atoms with Crippen LogP contribution < -0.4 is 0 Å². The van der Waals surface area contributed by atoms with Gasteiger partial charge in [-0.3, -0.25) is 9.48 Å². The normalized spacial score (nSPS) is 12.0. The quantitative estimate of drug-likeness (QED) is 0.885. The Hall–Kier alpha value is -2.63. The Bertz CT molecular complexity index is 694. The highest BCUT2D eigenvalue weighted by Crippen LogP contribution is 2.15. The Morgan fingerprint density at radius 2 is 1.96 bits per heavy atom. The fourth-order valence-electron chi connectivity index (χ4n) is 2.39. The van der Waals surface area contributed by atoms with Gasteiger partial charge in [0.25, 0.3) is 5.91 Å². The molecule has 122 valence electrons. The number of amides is 1. The summed E-state index contributed by atoms with van der Waals surface area (Å²) in [6.07, 6.45) is 2.17. The van der Waals surface area contributed by atoms with Crippen LogP contribution in [-0.2, 0) is 17.8 Å². The maximum absolute atomic E-state index is 12.5. The summed E-state index contributed by atoms with van der Waals surface area (Å²) in [4.78, 5) is 24.8. The van der Waals surface area contributed by atoms with Gasteiger partial charge in [0, 0.05) is 7.05 Å². The van der Waals surface area contributed by atoms with Gasteiger partial charge in [-0.1, -0.05) is 37.3 Å². The number of benzene rings is 1. The molecule has 0 radical (unpaired) electrons. The number of likely N-dealkylation sites (N-methyl/N-ethyl adjacent to an activating group) is 1. The van der Waals surface area contributed by atoms with Gasteiger partial charge >= 0.3 is 5.97 Å². The minimum absolute atomic E-state index is 0.323. The van der Waals surface area contributed by atoms with Crippen LogP contribution >= 0.6 is 0 Å². The van der Waals surface area contributed by atoms with E-state index < -0.39 is 12.0 Å². The van der Waals surface area contributed by atoms with Crippen LogP contribution in [0.1, 0.15) is 35.5 Å². The van der Waals surface area contributed by atoms with Crippen LogP contribution in [0.4, 0.5) is 0 Å². The molecular weight excluding hydrogens is 294 g/mol. The van der Waals surface area contributed by atoms with Crippen LogP contribution in [0.25, 0.3) is 0 Å². The third kappa shape index (κ3) is 3.59. The summed E-state index contributed by atoms with van der Waals surface area (Å²) >= 11 is 0. The maximum Gasteiger partial charge on any atom is 0.326 e. The maximum atomic E-state index is 12.5. The molecule has 2 rings (SSSR count). The van der Waals surface area contributed by atoms with Crippen molar-refractivity contribution in [3.8, 4) is 0 Å². The van der Waals surface area contributed by atoms with E-state index in [0.29, 0.717) is 18.5 Å². The molecule has 6 heteroatoms. The molecule has 6 nitrogen and oxygen atoms in total. The Kier molecular flexibility index (Phi) is 5.16. The van der Waals surface area contributed by atoms with E-state index in [-0.39, 0.29) is 5.91 Å². The van der Waals surface area contributed by atoms with Crippen molar-refractivity contribution in [3.63, 3.8) is 0 Å². The number of aromatic nitrogens is 2. The number of hydrogen-bond acceptors (Lipinski definition) is 3. The predicted octanol–water partition coefficient (Wildman–Crippen LogP) is 2.04. The lowest BCUT2D eigenvalue weighted by atomic mass is 10.1. The van der Waals surface area contributed by atoms with E-state index >= 15 is 0 Å². The first-order valence-electron chi connectivity index (χ1n) is 7.54. The minimum atomic E-state index is -1.03.